The summed E-state index contributed by atoms with van der Waals surface area (Å²) in [4.78, 5) is 24.0. The highest BCUT2D eigenvalue weighted by Crippen LogP contribution is 2.29. The van der Waals surface area contributed by atoms with Crippen molar-refractivity contribution in [1.82, 2.24) is 0 Å². The second-order valence-corrected chi connectivity index (χ2v) is 5.92. The molecular weight excluding hydrogens is 280 g/mol. The van der Waals surface area contributed by atoms with Crippen molar-refractivity contribution in [1.29, 1.82) is 0 Å². The number of hydrogen-bond acceptors (Lipinski definition) is 4. The minimum Gasteiger partial charge on any atom is -0.422 e. The van der Waals surface area contributed by atoms with E-state index in [2.05, 4.69) is 13.8 Å². The highest BCUT2D eigenvalue weighted by molar-refractivity contribution is 5.72. The average molecular weight is 314 g/mol. The second-order valence-electron chi connectivity index (χ2n) is 5.92. The lowest BCUT2D eigenvalue weighted by atomic mass is 10.0. The third-order valence-electron chi connectivity index (χ3n) is 3.58. The highest BCUT2D eigenvalue weighted by Gasteiger charge is 2.37. The second kappa shape index (κ2) is 12.5. The predicted octanol–water partition coefficient (Wildman–Crippen LogP) is 5.14. The quantitative estimate of drug-likeness (QED) is 0.268. The van der Waals surface area contributed by atoms with Crippen LogP contribution in [0.5, 0.6) is 0 Å². The fraction of sp³-hybridized carbons (Fsp3) is 0.889. The summed E-state index contributed by atoms with van der Waals surface area (Å²) in [6.45, 7) is 8.09. The van der Waals surface area contributed by atoms with Crippen molar-refractivity contribution in [3.8, 4) is 0 Å². The molecular formula is C18H34O4. The van der Waals surface area contributed by atoms with Crippen LogP contribution in [0.15, 0.2) is 0 Å². The number of carbonyl (C=O) groups is 2. The van der Waals surface area contributed by atoms with Gasteiger partial charge in [-0.3, -0.25) is 9.59 Å². The highest BCUT2D eigenvalue weighted by atomic mass is 16.7. The maximum atomic E-state index is 12.0. The largest absolute Gasteiger partial charge is 0.422 e. The number of rotatable bonds is 13. The zero-order chi connectivity index (χ0) is 16.8. The monoisotopic (exact) mass is 314 g/mol. The van der Waals surface area contributed by atoms with E-state index in [9.17, 15) is 9.59 Å². The van der Waals surface area contributed by atoms with Crippen molar-refractivity contribution in [2.24, 2.45) is 0 Å². The van der Waals surface area contributed by atoms with E-state index >= 15 is 0 Å². The van der Waals surface area contributed by atoms with Gasteiger partial charge >= 0.3 is 11.9 Å². The first-order valence-electron chi connectivity index (χ1n) is 8.97. The summed E-state index contributed by atoms with van der Waals surface area (Å²) in [5.41, 5.74) is 0. The lowest BCUT2D eigenvalue weighted by Crippen LogP contribution is -2.40. The Morgan fingerprint density at radius 2 is 1.14 bits per heavy atom. The van der Waals surface area contributed by atoms with Gasteiger partial charge in [0.2, 0.25) is 0 Å². The molecule has 0 aliphatic rings. The van der Waals surface area contributed by atoms with Gasteiger partial charge in [-0.1, -0.05) is 47.0 Å². The maximum Gasteiger partial charge on any atom is 0.309 e. The molecule has 22 heavy (non-hydrogen) atoms. The summed E-state index contributed by atoms with van der Waals surface area (Å²) in [7, 11) is 0. The van der Waals surface area contributed by atoms with Crippen molar-refractivity contribution in [3.63, 3.8) is 0 Å². The number of esters is 2. The molecule has 0 aromatic rings. The molecule has 0 radical (unpaired) electrons. The molecule has 0 unspecified atom stereocenters. The number of unbranched alkanes of at least 4 members (excludes halogenated alkanes) is 3. The van der Waals surface area contributed by atoms with Crippen LogP contribution < -0.4 is 0 Å². The van der Waals surface area contributed by atoms with Crippen LogP contribution in [0.1, 0.15) is 98.3 Å². The van der Waals surface area contributed by atoms with Crippen molar-refractivity contribution in [2.45, 2.75) is 104 Å². The van der Waals surface area contributed by atoms with E-state index in [0.717, 1.165) is 44.9 Å². The van der Waals surface area contributed by atoms with Crippen LogP contribution in [-0.4, -0.2) is 17.7 Å². The molecule has 0 N–H and O–H groups in total. The Balaban J connectivity index is 5.01. The first kappa shape index (κ1) is 20.9. The summed E-state index contributed by atoms with van der Waals surface area (Å²) in [5, 5.41) is 0. The molecule has 0 bridgehead atoms. The summed E-state index contributed by atoms with van der Waals surface area (Å²) in [5.74, 6) is -1.58. The summed E-state index contributed by atoms with van der Waals surface area (Å²) in [6.07, 6.45) is 8.29. The molecule has 0 saturated heterocycles. The standard InChI is InChI=1S/C18H34O4/c1-5-9-11-15-18(14-10-6-2,21-16(19)12-7-3)22-17(20)13-8-4/h5-15H2,1-4H3. The van der Waals surface area contributed by atoms with Crippen LogP contribution in [0.2, 0.25) is 0 Å². The fourth-order valence-corrected chi connectivity index (χ4v) is 2.37. The van der Waals surface area contributed by atoms with Crippen LogP contribution in [0.25, 0.3) is 0 Å². The maximum absolute atomic E-state index is 12.0. The van der Waals surface area contributed by atoms with Crippen molar-refractivity contribution < 1.29 is 19.1 Å². The Labute approximate surface area is 135 Å². The molecule has 130 valence electrons. The van der Waals surface area contributed by atoms with Crippen molar-refractivity contribution in [3.05, 3.63) is 0 Å². The zero-order valence-corrected chi connectivity index (χ0v) is 14.9. The third kappa shape index (κ3) is 9.06. The van der Waals surface area contributed by atoms with Gasteiger partial charge in [-0.25, -0.2) is 0 Å². The molecule has 0 spiro atoms. The third-order valence-corrected chi connectivity index (χ3v) is 3.58. The molecule has 0 rings (SSSR count). The van der Waals surface area contributed by atoms with Gasteiger partial charge in [0.05, 0.1) is 0 Å². The zero-order valence-electron chi connectivity index (χ0n) is 14.9. The summed E-state index contributed by atoms with van der Waals surface area (Å²) < 4.78 is 11.3. The number of hydrogen-bond donors (Lipinski definition) is 0. The molecule has 4 nitrogen and oxygen atoms in total. The molecule has 0 heterocycles. The topological polar surface area (TPSA) is 52.6 Å². The van der Waals surface area contributed by atoms with Crippen LogP contribution in [0.3, 0.4) is 0 Å². The molecule has 0 aliphatic carbocycles. The molecule has 0 aromatic carbocycles. The minimum absolute atomic E-state index is 0.264. The lowest BCUT2D eigenvalue weighted by Gasteiger charge is -2.33. The fourth-order valence-electron chi connectivity index (χ4n) is 2.37. The number of carbonyl (C=O) groups excluding carboxylic acids is 2. The van der Waals surface area contributed by atoms with Gasteiger partial charge in [0, 0.05) is 25.7 Å². The Morgan fingerprint density at radius 1 is 0.682 bits per heavy atom. The van der Waals surface area contributed by atoms with Crippen LogP contribution in [0.4, 0.5) is 0 Å². The average Bonchev–Trinajstić information content (AvgIpc) is 2.46. The van der Waals surface area contributed by atoms with Gasteiger partial charge in [0.15, 0.2) is 0 Å². The van der Waals surface area contributed by atoms with Crippen molar-refractivity contribution in [2.75, 3.05) is 0 Å². The predicted molar refractivity (Wildman–Crippen MR) is 88.4 cm³/mol. The normalized spacial score (nSPS) is 11.3. The first-order valence-corrected chi connectivity index (χ1v) is 8.97. The smallest absolute Gasteiger partial charge is 0.309 e. The minimum atomic E-state index is -1.05. The van der Waals surface area contributed by atoms with Gasteiger partial charge < -0.3 is 9.47 Å². The Kier molecular flexibility index (Phi) is 11.9. The molecule has 0 atom stereocenters. The lowest BCUT2D eigenvalue weighted by molar-refractivity contribution is -0.235. The summed E-state index contributed by atoms with van der Waals surface area (Å²) in [6, 6.07) is 0. The Hall–Kier alpha value is -1.06. The van der Waals surface area contributed by atoms with Crippen molar-refractivity contribution >= 4 is 11.9 Å². The van der Waals surface area contributed by atoms with Gasteiger partial charge in [0.1, 0.15) is 0 Å². The van der Waals surface area contributed by atoms with Gasteiger partial charge in [-0.2, -0.15) is 0 Å². The van der Waals surface area contributed by atoms with Crippen LogP contribution in [-0.2, 0) is 19.1 Å². The van der Waals surface area contributed by atoms with Crippen LogP contribution >= 0.6 is 0 Å². The van der Waals surface area contributed by atoms with E-state index in [1.165, 1.54) is 0 Å². The molecule has 0 aliphatic heterocycles. The van der Waals surface area contributed by atoms with E-state index in [0.29, 0.717) is 25.7 Å². The Morgan fingerprint density at radius 3 is 1.55 bits per heavy atom. The van der Waals surface area contributed by atoms with Gasteiger partial charge in [0.25, 0.3) is 5.79 Å². The van der Waals surface area contributed by atoms with Gasteiger partial charge in [-0.05, 0) is 25.7 Å². The molecule has 0 aromatic heterocycles. The van der Waals surface area contributed by atoms with E-state index in [4.69, 9.17) is 9.47 Å². The Bertz CT molecular complexity index is 292. The van der Waals surface area contributed by atoms with E-state index in [-0.39, 0.29) is 11.9 Å². The van der Waals surface area contributed by atoms with Gasteiger partial charge in [-0.15, -0.1) is 0 Å². The molecule has 0 amide bonds. The number of ether oxygens (including phenoxy) is 2. The summed E-state index contributed by atoms with van der Waals surface area (Å²) >= 11 is 0. The van der Waals surface area contributed by atoms with E-state index in [1.54, 1.807) is 0 Å². The SMILES string of the molecule is CCCCCC(CCCC)(OC(=O)CCC)OC(=O)CCC. The van der Waals surface area contributed by atoms with E-state index < -0.39 is 5.79 Å². The molecule has 4 heteroatoms. The van der Waals surface area contributed by atoms with E-state index in [1.807, 2.05) is 13.8 Å². The molecule has 0 saturated carbocycles. The van der Waals surface area contributed by atoms with Crippen LogP contribution in [0, 0.1) is 0 Å². The molecule has 0 fully saturated rings. The first-order chi connectivity index (χ1) is 10.5.